The third-order valence-corrected chi connectivity index (χ3v) is 0. The van der Waals surface area contributed by atoms with Gasteiger partial charge in [0.1, 0.15) is 0 Å². The third-order valence-electron chi connectivity index (χ3n) is 0. The SMILES string of the molecule is O=P(O)(O)O.[O]=[Zr]([O-])[O-].[O]=[Zr]([O-])[O-].[O]=[Zr]([O-])[O-].[W+6]. The number of hydrogen-bond donors (Lipinski definition) is 3. The Labute approximate surface area is 141 Å². The minimum absolute atomic E-state index is 0. The van der Waals surface area contributed by atoms with Crippen LogP contribution in [0.1, 0.15) is 0 Å². The summed E-state index contributed by atoms with van der Waals surface area (Å²) in [4.78, 5) is 21.6. The topological polar surface area (TPSA) is 267 Å². The van der Waals surface area contributed by atoms with Crippen LogP contribution in [0, 0.1) is 0 Å². The predicted octanol–water partition coefficient (Wildman–Crippen LogP) is -8.43. The van der Waals surface area contributed by atoms with Gasteiger partial charge < -0.3 is 14.7 Å². The molecule has 3 N–H and O–H groups in total. The van der Waals surface area contributed by atoms with Gasteiger partial charge in [-0.2, -0.15) is 0 Å². The van der Waals surface area contributed by atoms with Gasteiger partial charge in [-0.05, 0) is 0 Å². The summed E-state index contributed by atoms with van der Waals surface area (Å²) >= 11 is -12.9. The van der Waals surface area contributed by atoms with E-state index in [1.165, 1.54) is 0 Å². The van der Waals surface area contributed by atoms with Crippen molar-refractivity contribution in [3.63, 3.8) is 0 Å². The second-order valence-electron chi connectivity index (χ2n) is 1.26. The first kappa shape index (κ1) is 32.5. The summed E-state index contributed by atoms with van der Waals surface area (Å²) in [5, 5.41) is 0. The van der Waals surface area contributed by atoms with Gasteiger partial charge in [0.05, 0.1) is 0 Å². The molecular formula is H3O13PWZr3. The van der Waals surface area contributed by atoms with E-state index < -0.39 is 75.7 Å². The van der Waals surface area contributed by atoms with Gasteiger partial charge in [0.15, 0.2) is 0 Å². The second-order valence-corrected chi connectivity index (χ2v) is 5.98. The Morgan fingerprint density at radius 3 is 0.667 bits per heavy atom. The van der Waals surface area contributed by atoms with Gasteiger partial charge >= 0.3 is 124 Å². The van der Waals surface area contributed by atoms with Crippen LogP contribution in [0.15, 0.2) is 0 Å². The Balaban J connectivity index is -0.0000000412. The minimum atomic E-state index is -4.64. The first-order chi connectivity index (χ1) is 7.20. The summed E-state index contributed by atoms with van der Waals surface area (Å²) < 4.78 is 86.4. The van der Waals surface area contributed by atoms with E-state index in [1.807, 2.05) is 0 Å². The molecule has 0 aliphatic carbocycles. The predicted molar refractivity (Wildman–Crippen MR) is 16.3 cm³/mol. The van der Waals surface area contributed by atoms with Crippen molar-refractivity contribution in [2.75, 3.05) is 0 Å². The molecule has 18 heavy (non-hydrogen) atoms. The van der Waals surface area contributed by atoms with E-state index >= 15 is 0 Å². The Hall–Kier alpha value is 2.61. The van der Waals surface area contributed by atoms with Crippen molar-refractivity contribution < 1.29 is 136 Å². The van der Waals surface area contributed by atoms with Crippen LogP contribution in [0.25, 0.3) is 0 Å². The quantitative estimate of drug-likeness (QED) is 0.199. The van der Waals surface area contributed by atoms with Crippen molar-refractivity contribution in [3.8, 4) is 0 Å². The Morgan fingerprint density at radius 2 is 0.667 bits per heavy atom. The fourth-order valence-electron chi connectivity index (χ4n) is 0. The van der Waals surface area contributed by atoms with E-state index in [4.69, 9.17) is 46.8 Å². The van der Waals surface area contributed by atoms with Gasteiger partial charge in [-0.15, -0.1) is 0 Å². The Morgan fingerprint density at radius 1 is 0.667 bits per heavy atom. The summed E-state index contributed by atoms with van der Waals surface area (Å²) in [7, 11) is -4.64. The molecule has 13 nitrogen and oxygen atoms in total. The minimum Gasteiger partial charge on any atom is 6.00 e. The maximum absolute atomic E-state index is 8.88. The molecule has 0 fully saturated rings. The average molecular weight is 699 g/mol. The van der Waals surface area contributed by atoms with Crippen LogP contribution in [0.5, 0.6) is 0 Å². The number of hydrogen-bond acceptors (Lipinski definition) is 10. The normalized spacial score (nSPS) is 7.61. The van der Waals surface area contributed by atoms with Gasteiger partial charge in [-0.3, -0.25) is 0 Å². The van der Waals surface area contributed by atoms with E-state index in [0.717, 1.165) is 0 Å². The van der Waals surface area contributed by atoms with Crippen LogP contribution in [-0.4, -0.2) is 14.7 Å². The Kier molecular flexibility index (Phi) is 39.6. The molecule has 0 amide bonds. The number of rotatable bonds is 0. The fraction of sp³-hybridized carbons (Fsp3) is 0. The van der Waals surface area contributed by atoms with E-state index in [1.54, 1.807) is 0 Å². The molecule has 0 bridgehead atoms. The zero-order valence-electron chi connectivity index (χ0n) is 7.78. The van der Waals surface area contributed by atoms with Gasteiger partial charge in [0.25, 0.3) is 0 Å². The van der Waals surface area contributed by atoms with Crippen LogP contribution in [-0.2, 0) is 102 Å². The van der Waals surface area contributed by atoms with Crippen molar-refractivity contribution in [2.24, 2.45) is 0 Å². The van der Waals surface area contributed by atoms with E-state index in [2.05, 4.69) is 0 Å². The third kappa shape index (κ3) is 848. The molecule has 0 atom stereocenters. The molecular weight excluding hydrogens is 696 g/mol. The first-order valence-corrected chi connectivity index (χ1v) is 13.2. The standard InChI is InChI=1S/H3O4P.9O.W.3Zr/c1-5(2,3)4;;;;;;;;;;;;;/h(H3,1,2,3,4);;;;;;;;;;;;;/q;;;;6*-1;+6;;;. The van der Waals surface area contributed by atoms with Crippen molar-refractivity contribution in [1.82, 2.24) is 0 Å². The maximum Gasteiger partial charge on any atom is 6.00 e. The van der Waals surface area contributed by atoms with Gasteiger partial charge in [0, 0.05) is 0 Å². The molecule has 0 saturated heterocycles. The molecule has 18 heteroatoms. The zero-order chi connectivity index (χ0) is 15.2. The molecule has 0 aromatic heterocycles. The summed E-state index contributed by atoms with van der Waals surface area (Å²) in [6.45, 7) is 0. The molecule has 0 heterocycles. The molecule has 104 valence electrons. The van der Waals surface area contributed by atoms with Crippen molar-refractivity contribution in [2.45, 2.75) is 0 Å². The Bertz CT molecular complexity index is 219. The zero-order valence-corrected chi connectivity index (χ0v) is 19.0. The molecule has 0 radical (unpaired) electrons. The van der Waals surface area contributed by atoms with Crippen LogP contribution in [0.2, 0.25) is 0 Å². The van der Waals surface area contributed by atoms with E-state index in [-0.39, 0.29) is 21.1 Å². The monoisotopic (exact) mass is 696 g/mol. The van der Waals surface area contributed by atoms with E-state index in [0.29, 0.717) is 0 Å². The van der Waals surface area contributed by atoms with Crippen molar-refractivity contribution in [3.05, 3.63) is 0 Å². The van der Waals surface area contributed by atoms with Gasteiger partial charge in [-0.25, -0.2) is 4.57 Å². The van der Waals surface area contributed by atoms with Crippen molar-refractivity contribution in [1.29, 1.82) is 0 Å². The molecule has 0 aromatic rings. The summed E-state index contributed by atoms with van der Waals surface area (Å²) in [6.07, 6.45) is 0. The van der Waals surface area contributed by atoms with Crippen LogP contribution < -0.4 is 19.1 Å². The second kappa shape index (κ2) is 21.9. The van der Waals surface area contributed by atoms with E-state index in [9.17, 15) is 0 Å². The maximum atomic E-state index is 8.88. The largest absolute Gasteiger partial charge is 6.00 e. The molecule has 0 unspecified atom stereocenters. The summed E-state index contributed by atoms with van der Waals surface area (Å²) in [6, 6.07) is 0. The first-order valence-electron chi connectivity index (χ1n) is 2.62. The molecule has 0 rings (SSSR count). The fourth-order valence-corrected chi connectivity index (χ4v) is 0. The molecule has 0 aromatic carbocycles. The van der Waals surface area contributed by atoms with Gasteiger partial charge in [0.2, 0.25) is 0 Å². The molecule has 0 spiro atoms. The van der Waals surface area contributed by atoms with Crippen molar-refractivity contribution >= 4 is 7.82 Å². The summed E-state index contributed by atoms with van der Waals surface area (Å²) in [5.41, 5.74) is 0. The molecule has 0 aliphatic heterocycles. The van der Waals surface area contributed by atoms with Gasteiger partial charge in [-0.1, -0.05) is 0 Å². The van der Waals surface area contributed by atoms with Crippen LogP contribution in [0.3, 0.4) is 0 Å². The molecule has 0 aliphatic rings. The van der Waals surface area contributed by atoms with Crippen LogP contribution in [0.4, 0.5) is 0 Å². The number of phosphoric acid groups is 1. The van der Waals surface area contributed by atoms with Crippen LogP contribution >= 0.6 is 7.82 Å². The molecule has 0 saturated carbocycles. The smallest absolute Gasteiger partial charge is 6.00 e. The summed E-state index contributed by atoms with van der Waals surface area (Å²) in [5.74, 6) is 0. The average Bonchev–Trinajstić information content (AvgIpc) is 1.73.